The van der Waals surface area contributed by atoms with Gasteiger partial charge in [-0.25, -0.2) is 18.4 Å². The van der Waals surface area contributed by atoms with Gasteiger partial charge in [-0.2, -0.15) is 0 Å². The normalized spacial score (nSPS) is 23.1. The predicted molar refractivity (Wildman–Crippen MR) is 86.3 cm³/mol. The van der Waals surface area contributed by atoms with Gasteiger partial charge in [0.25, 0.3) is 5.91 Å². The Labute approximate surface area is 140 Å². The molecule has 1 unspecified atom stereocenters. The SMILES string of the molecule is O=CN1CCN(C(=O)c2cnc(NC3CCS(=O)(=O)C3)cn2)CC1. The van der Waals surface area contributed by atoms with Crippen molar-refractivity contribution >= 4 is 28.0 Å². The van der Waals surface area contributed by atoms with E-state index in [1.54, 1.807) is 9.80 Å². The van der Waals surface area contributed by atoms with Crippen LogP contribution in [0.5, 0.6) is 0 Å². The van der Waals surface area contributed by atoms with E-state index < -0.39 is 9.84 Å². The molecule has 9 nitrogen and oxygen atoms in total. The van der Waals surface area contributed by atoms with Crippen molar-refractivity contribution < 1.29 is 18.0 Å². The molecule has 1 atom stereocenters. The largest absolute Gasteiger partial charge is 0.365 e. The molecule has 3 rings (SSSR count). The molecule has 0 saturated carbocycles. The van der Waals surface area contributed by atoms with Crippen LogP contribution in [0, 0.1) is 0 Å². The maximum Gasteiger partial charge on any atom is 0.274 e. The van der Waals surface area contributed by atoms with Gasteiger partial charge >= 0.3 is 0 Å². The number of aromatic nitrogens is 2. The lowest BCUT2D eigenvalue weighted by atomic mass is 10.2. The zero-order valence-electron chi connectivity index (χ0n) is 13.1. The molecule has 0 aliphatic carbocycles. The van der Waals surface area contributed by atoms with Crippen LogP contribution < -0.4 is 5.32 Å². The Morgan fingerprint density at radius 2 is 1.96 bits per heavy atom. The van der Waals surface area contributed by atoms with E-state index >= 15 is 0 Å². The smallest absolute Gasteiger partial charge is 0.274 e. The Bertz CT molecular complexity index is 713. The summed E-state index contributed by atoms with van der Waals surface area (Å²) >= 11 is 0. The standard InChI is InChI=1S/C14H19N5O4S/c20-10-18-2-4-19(5-3-18)14(21)12-7-16-13(8-15-12)17-11-1-6-24(22,23)9-11/h7-8,10-11H,1-6,9H2,(H,16,17). The minimum atomic E-state index is -2.96. The highest BCUT2D eigenvalue weighted by Crippen LogP contribution is 2.16. The first-order chi connectivity index (χ1) is 11.5. The van der Waals surface area contributed by atoms with Gasteiger partial charge in [0.05, 0.1) is 23.9 Å². The van der Waals surface area contributed by atoms with Gasteiger partial charge in [0.2, 0.25) is 6.41 Å². The monoisotopic (exact) mass is 353 g/mol. The lowest BCUT2D eigenvalue weighted by Crippen LogP contribution is -2.48. The summed E-state index contributed by atoms with van der Waals surface area (Å²) in [5.74, 6) is 0.514. The Hall–Kier alpha value is -2.23. The van der Waals surface area contributed by atoms with Crippen LogP contribution in [-0.2, 0) is 14.6 Å². The lowest BCUT2D eigenvalue weighted by molar-refractivity contribution is -0.119. The van der Waals surface area contributed by atoms with Crippen molar-refractivity contribution in [3.63, 3.8) is 0 Å². The van der Waals surface area contributed by atoms with Crippen molar-refractivity contribution in [1.82, 2.24) is 19.8 Å². The molecule has 1 N–H and O–H groups in total. The summed E-state index contributed by atoms with van der Waals surface area (Å²) in [5.41, 5.74) is 0.235. The summed E-state index contributed by atoms with van der Waals surface area (Å²) in [7, 11) is -2.96. The van der Waals surface area contributed by atoms with Gasteiger partial charge in [0.1, 0.15) is 11.5 Å². The number of rotatable bonds is 4. The van der Waals surface area contributed by atoms with Gasteiger partial charge in [0, 0.05) is 32.2 Å². The summed E-state index contributed by atoms with van der Waals surface area (Å²) in [5, 5.41) is 3.03. The Balaban J connectivity index is 1.58. The molecule has 2 aliphatic heterocycles. The van der Waals surface area contributed by atoms with Crippen LogP contribution in [0.4, 0.5) is 5.82 Å². The molecule has 10 heteroatoms. The molecular formula is C14H19N5O4S. The zero-order chi connectivity index (χ0) is 17.2. The molecule has 2 aliphatic rings. The van der Waals surface area contributed by atoms with Gasteiger partial charge in [0.15, 0.2) is 9.84 Å². The second-order valence-corrected chi connectivity index (χ2v) is 8.19. The number of hydrogen-bond acceptors (Lipinski definition) is 7. The molecule has 2 amide bonds. The quantitative estimate of drug-likeness (QED) is 0.690. The molecule has 0 spiro atoms. The number of carbonyl (C=O) groups excluding carboxylic acids is 2. The molecule has 2 saturated heterocycles. The van der Waals surface area contributed by atoms with E-state index in [9.17, 15) is 18.0 Å². The molecule has 3 heterocycles. The molecule has 0 radical (unpaired) electrons. The molecule has 2 fully saturated rings. The maximum absolute atomic E-state index is 12.4. The first kappa shape index (κ1) is 16.6. The average molecular weight is 353 g/mol. The fourth-order valence-electron chi connectivity index (χ4n) is 2.82. The second kappa shape index (κ2) is 6.71. The topological polar surface area (TPSA) is 113 Å². The van der Waals surface area contributed by atoms with E-state index in [-0.39, 0.29) is 29.1 Å². The number of amides is 2. The first-order valence-corrected chi connectivity index (χ1v) is 9.56. The van der Waals surface area contributed by atoms with Crippen LogP contribution >= 0.6 is 0 Å². The molecule has 130 valence electrons. The zero-order valence-corrected chi connectivity index (χ0v) is 13.9. The summed E-state index contributed by atoms with van der Waals surface area (Å²) in [6.07, 6.45) is 4.16. The van der Waals surface area contributed by atoms with Crippen LogP contribution in [0.25, 0.3) is 0 Å². The summed E-state index contributed by atoms with van der Waals surface area (Å²) in [4.78, 5) is 34.6. The summed E-state index contributed by atoms with van der Waals surface area (Å²) in [6, 6.07) is -0.165. The van der Waals surface area contributed by atoms with Crippen LogP contribution in [-0.4, -0.2) is 84.2 Å². The van der Waals surface area contributed by atoms with Crippen LogP contribution in [0.2, 0.25) is 0 Å². The van der Waals surface area contributed by atoms with Gasteiger partial charge in [-0.15, -0.1) is 0 Å². The predicted octanol–water partition coefficient (Wildman–Crippen LogP) is -1.01. The van der Waals surface area contributed by atoms with E-state index in [1.807, 2.05) is 0 Å². The van der Waals surface area contributed by atoms with Crippen LogP contribution in [0.3, 0.4) is 0 Å². The molecule has 0 bridgehead atoms. The van der Waals surface area contributed by atoms with Crippen molar-refractivity contribution in [3.05, 3.63) is 18.1 Å². The summed E-state index contributed by atoms with van der Waals surface area (Å²) in [6.45, 7) is 1.97. The third kappa shape index (κ3) is 3.81. The minimum absolute atomic E-state index is 0.0936. The van der Waals surface area contributed by atoms with Crippen molar-refractivity contribution in [2.75, 3.05) is 43.0 Å². The van der Waals surface area contributed by atoms with E-state index in [0.717, 1.165) is 6.41 Å². The minimum Gasteiger partial charge on any atom is -0.365 e. The van der Waals surface area contributed by atoms with E-state index in [0.29, 0.717) is 38.4 Å². The third-order valence-electron chi connectivity index (χ3n) is 4.21. The Morgan fingerprint density at radius 3 is 2.50 bits per heavy atom. The van der Waals surface area contributed by atoms with Gasteiger partial charge in [-0.05, 0) is 6.42 Å². The van der Waals surface area contributed by atoms with E-state index in [4.69, 9.17) is 0 Å². The number of anilines is 1. The van der Waals surface area contributed by atoms with E-state index in [2.05, 4.69) is 15.3 Å². The fourth-order valence-corrected chi connectivity index (χ4v) is 4.50. The number of hydrogen-bond donors (Lipinski definition) is 1. The molecular weight excluding hydrogens is 334 g/mol. The molecule has 0 aromatic carbocycles. The average Bonchev–Trinajstić information content (AvgIpc) is 2.93. The Kier molecular flexibility index (Phi) is 4.65. The number of piperazine rings is 1. The highest BCUT2D eigenvalue weighted by molar-refractivity contribution is 7.91. The first-order valence-electron chi connectivity index (χ1n) is 7.74. The van der Waals surface area contributed by atoms with Crippen molar-refractivity contribution in [2.45, 2.75) is 12.5 Å². The summed E-state index contributed by atoms with van der Waals surface area (Å²) < 4.78 is 22.9. The Morgan fingerprint density at radius 1 is 1.21 bits per heavy atom. The lowest BCUT2D eigenvalue weighted by Gasteiger charge is -2.32. The van der Waals surface area contributed by atoms with E-state index in [1.165, 1.54) is 12.4 Å². The number of carbonyl (C=O) groups is 2. The number of sulfone groups is 1. The van der Waals surface area contributed by atoms with Crippen molar-refractivity contribution in [2.24, 2.45) is 0 Å². The second-order valence-electron chi connectivity index (χ2n) is 5.96. The van der Waals surface area contributed by atoms with Crippen LogP contribution in [0.1, 0.15) is 16.9 Å². The fraction of sp³-hybridized carbons (Fsp3) is 0.571. The molecule has 24 heavy (non-hydrogen) atoms. The number of nitrogens with zero attached hydrogens (tertiary/aromatic N) is 4. The van der Waals surface area contributed by atoms with Crippen molar-refractivity contribution in [3.8, 4) is 0 Å². The highest BCUT2D eigenvalue weighted by Gasteiger charge is 2.28. The van der Waals surface area contributed by atoms with Gasteiger partial charge < -0.3 is 15.1 Å². The molecule has 1 aromatic heterocycles. The highest BCUT2D eigenvalue weighted by atomic mass is 32.2. The van der Waals surface area contributed by atoms with Gasteiger partial charge in [-0.1, -0.05) is 0 Å². The van der Waals surface area contributed by atoms with Crippen molar-refractivity contribution in [1.29, 1.82) is 0 Å². The maximum atomic E-state index is 12.4. The van der Waals surface area contributed by atoms with Crippen LogP contribution in [0.15, 0.2) is 12.4 Å². The third-order valence-corrected chi connectivity index (χ3v) is 5.97. The number of nitrogens with one attached hydrogen (secondary N) is 1. The van der Waals surface area contributed by atoms with Gasteiger partial charge in [-0.3, -0.25) is 9.59 Å². The molecule has 1 aromatic rings.